The molecule has 0 bridgehead atoms. The Kier molecular flexibility index (Phi) is 7.00. The van der Waals surface area contributed by atoms with Crippen molar-refractivity contribution in [2.24, 2.45) is 5.10 Å². The maximum atomic E-state index is 12.2. The molecule has 1 aliphatic heterocycles. The van der Waals surface area contributed by atoms with Crippen molar-refractivity contribution in [2.45, 2.75) is 32.6 Å². The number of benzene rings is 2. The molecule has 2 amide bonds. The van der Waals surface area contributed by atoms with E-state index >= 15 is 0 Å². The van der Waals surface area contributed by atoms with Gasteiger partial charge in [-0.15, -0.1) is 0 Å². The molecule has 29 heavy (non-hydrogen) atoms. The Morgan fingerprint density at radius 2 is 1.83 bits per heavy atom. The highest BCUT2D eigenvalue weighted by Crippen LogP contribution is 2.18. The zero-order valence-corrected chi connectivity index (χ0v) is 17.0. The fraction of sp³-hybridized carbons (Fsp3) is 0.348. The van der Waals surface area contributed by atoms with Gasteiger partial charge < -0.3 is 10.1 Å². The fourth-order valence-electron chi connectivity index (χ4n) is 3.16. The van der Waals surface area contributed by atoms with Crippen LogP contribution in [0, 0.1) is 6.92 Å². The van der Waals surface area contributed by atoms with Crippen molar-refractivity contribution in [2.75, 3.05) is 20.2 Å². The molecule has 2 aromatic carbocycles. The first kappa shape index (κ1) is 20.6. The van der Waals surface area contributed by atoms with Crippen LogP contribution in [0.2, 0.25) is 0 Å². The van der Waals surface area contributed by atoms with E-state index in [0.717, 1.165) is 23.4 Å². The third-order valence-electron chi connectivity index (χ3n) is 4.94. The van der Waals surface area contributed by atoms with Crippen LogP contribution in [0.1, 0.15) is 36.0 Å². The van der Waals surface area contributed by atoms with Crippen LogP contribution >= 0.6 is 0 Å². The van der Waals surface area contributed by atoms with E-state index in [2.05, 4.69) is 41.6 Å². The van der Waals surface area contributed by atoms with E-state index < -0.39 is 0 Å². The van der Waals surface area contributed by atoms with Crippen molar-refractivity contribution in [1.29, 1.82) is 0 Å². The van der Waals surface area contributed by atoms with E-state index in [4.69, 9.17) is 4.74 Å². The number of ether oxygens (including phenoxy) is 1. The molecule has 0 aromatic heterocycles. The van der Waals surface area contributed by atoms with Gasteiger partial charge in [0.15, 0.2) is 0 Å². The summed E-state index contributed by atoms with van der Waals surface area (Å²) in [6, 6.07) is 15.9. The minimum absolute atomic E-state index is 0.0466. The SMILES string of the molecule is COc1ccc(C2=NN(CCC(=O)NCCc3ccc(C)cc3)C(=O)CC2)cc1. The summed E-state index contributed by atoms with van der Waals surface area (Å²) in [4.78, 5) is 24.3. The van der Waals surface area contributed by atoms with Gasteiger partial charge >= 0.3 is 0 Å². The first-order chi connectivity index (χ1) is 14.0. The molecule has 0 fully saturated rings. The highest BCUT2D eigenvalue weighted by Gasteiger charge is 2.21. The zero-order valence-electron chi connectivity index (χ0n) is 17.0. The summed E-state index contributed by atoms with van der Waals surface area (Å²) in [6.07, 6.45) is 2.03. The maximum Gasteiger partial charge on any atom is 0.243 e. The molecule has 6 nitrogen and oxygen atoms in total. The van der Waals surface area contributed by atoms with Crippen molar-refractivity contribution in [3.63, 3.8) is 0 Å². The van der Waals surface area contributed by atoms with Crippen LogP contribution in [0.5, 0.6) is 5.75 Å². The second-order valence-corrected chi connectivity index (χ2v) is 7.13. The first-order valence-electron chi connectivity index (χ1n) is 9.89. The van der Waals surface area contributed by atoms with E-state index in [1.54, 1.807) is 7.11 Å². The van der Waals surface area contributed by atoms with Gasteiger partial charge in [-0.2, -0.15) is 5.10 Å². The average molecular weight is 393 g/mol. The van der Waals surface area contributed by atoms with Gasteiger partial charge in [-0.25, -0.2) is 5.01 Å². The summed E-state index contributed by atoms with van der Waals surface area (Å²) >= 11 is 0. The lowest BCUT2D eigenvalue weighted by Gasteiger charge is -2.23. The Balaban J connectivity index is 1.49. The van der Waals surface area contributed by atoms with Crippen molar-refractivity contribution in [1.82, 2.24) is 10.3 Å². The van der Waals surface area contributed by atoms with Gasteiger partial charge in [-0.1, -0.05) is 29.8 Å². The summed E-state index contributed by atoms with van der Waals surface area (Å²) in [5.74, 6) is 0.659. The van der Waals surface area contributed by atoms with Crippen LogP contribution in [0.3, 0.4) is 0 Å². The van der Waals surface area contributed by atoms with E-state index in [1.165, 1.54) is 16.1 Å². The predicted octanol–water partition coefficient (Wildman–Crippen LogP) is 3.08. The monoisotopic (exact) mass is 393 g/mol. The Morgan fingerprint density at radius 3 is 2.52 bits per heavy atom. The Bertz CT molecular complexity index is 873. The number of carbonyl (C=O) groups is 2. The second kappa shape index (κ2) is 9.87. The largest absolute Gasteiger partial charge is 0.497 e. The molecular weight excluding hydrogens is 366 g/mol. The summed E-state index contributed by atoms with van der Waals surface area (Å²) in [5, 5.41) is 8.81. The molecule has 1 aliphatic rings. The van der Waals surface area contributed by atoms with Crippen LogP contribution in [0.4, 0.5) is 0 Å². The minimum Gasteiger partial charge on any atom is -0.497 e. The van der Waals surface area contributed by atoms with E-state index in [-0.39, 0.29) is 24.8 Å². The van der Waals surface area contributed by atoms with Crippen molar-refractivity contribution in [3.05, 3.63) is 65.2 Å². The summed E-state index contributed by atoms with van der Waals surface area (Å²) in [6.45, 7) is 2.92. The Morgan fingerprint density at radius 1 is 1.10 bits per heavy atom. The minimum atomic E-state index is -0.0725. The molecule has 0 radical (unpaired) electrons. The number of rotatable bonds is 8. The second-order valence-electron chi connectivity index (χ2n) is 7.13. The highest BCUT2D eigenvalue weighted by atomic mass is 16.5. The third-order valence-corrected chi connectivity index (χ3v) is 4.94. The number of hydrogen-bond donors (Lipinski definition) is 1. The van der Waals surface area contributed by atoms with Gasteiger partial charge in [-0.05, 0) is 48.7 Å². The molecule has 2 aromatic rings. The molecule has 6 heteroatoms. The summed E-state index contributed by atoms with van der Waals surface area (Å²) < 4.78 is 5.18. The molecule has 1 heterocycles. The van der Waals surface area contributed by atoms with Crippen LogP contribution in [-0.4, -0.2) is 42.7 Å². The smallest absolute Gasteiger partial charge is 0.243 e. The molecule has 0 unspecified atom stereocenters. The van der Waals surface area contributed by atoms with Crippen molar-refractivity contribution >= 4 is 17.5 Å². The fourth-order valence-corrected chi connectivity index (χ4v) is 3.16. The Hall–Kier alpha value is -3.15. The van der Waals surface area contributed by atoms with Gasteiger partial charge in [0.2, 0.25) is 11.8 Å². The number of methoxy groups -OCH3 is 1. The predicted molar refractivity (Wildman–Crippen MR) is 113 cm³/mol. The van der Waals surface area contributed by atoms with Gasteiger partial charge in [0, 0.05) is 25.8 Å². The molecule has 0 atom stereocenters. The Labute approximate surface area is 171 Å². The molecule has 3 rings (SSSR count). The van der Waals surface area contributed by atoms with Crippen LogP contribution in [0.15, 0.2) is 53.6 Å². The number of aryl methyl sites for hydroxylation is 1. The molecular formula is C23H27N3O3. The van der Waals surface area contributed by atoms with Crippen LogP contribution in [-0.2, 0) is 16.0 Å². The van der Waals surface area contributed by atoms with E-state index in [9.17, 15) is 9.59 Å². The standard InChI is InChI=1S/C23H27N3O3/c1-17-3-5-18(6-4-17)13-15-24-22(27)14-16-26-23(28)12-11-21(25-26)19-7-9-20(29-2)10-8-19/h3-10H,11-16H2,1-2H3,(H,24,27). The molecule has 0 saturated heterocycles. The van der Waals surface area contributed by atoms with Gasteiger partial charge in [0.05, 0.1) is 19.4 Å². The van der Waals surface area contributed by atoms with Crippen molar-refractivity contribution in [3.8, 4) is 5.75 Å². The van der Waals surface area contributed by atoms with Crippen LogP contribution < -0.4 is 10.1 Å². The highest BCUT2D eigenvalue weighted by molar-refractivity contribution is 6.04. The lowest BCUT2D eigenvalue weighted by molar-refractivity contribution is -0.132. The quantitative estimate of drug-likeness (QED) is 0.749. The summed E-state index contributed by atoms with van der Waals surface area (Å²) in [5.41, 5.74) is 4.23. The number of amides is 2. The normalized spacial score (nSPS) is 13.8. The van der Waals surface area contributed by atoms with Crippen LogP contribution in [0.25, 0.3) is 0 Å². The van der Waals surface area contributed by atoms with Gasteiger partial charge in [-0.3, -0.25) is 9.59 Å². The third kappa shape index (κ3) is 5.91. The molecule has 0 saturated carbocycles. The van der Waals surface area contributed by atoms with Gasteiger partial charge in [0.25, 0.3) is 0 Å². The first-order valence-corrected chi connectivity index (χ1v) is 9.89. The van der Waals surface area contributed by atoms with E-state index in [0.29, 0.717) is 19.4 Å². The molecule has 152 valence electrons. The maximum absolute atomic E-state index is 12.2. The molecule has 0 spiro atoms. The van der Waals surface area contributed by atoms with Crippen molar-refractivity contribution < 1.29 is 14.3 Å². The van der Waals surface area contributed by atoms with Gasteiger partial charge in [0.1, 0.15) is 5.75 Å². The lowest BCUT2D eigenvalue weighted by Crippen LogP contribution is -2.35. The lowest BCUT2D eigenvalue weighted by atomic mass is 10.0. The number of hydrogen-bond acceptors (Lipinski definition) is 4. The summed E-state index contributed by atoms with van der Waals surface area (Å²) in [7, 11) is 1.62. The number of nitrogens with one attached hydrogen (secondary N) is 1. The number of nitrogens with zero attached hydrogens (tertiary/aromatic N) is 2. The molecule has 1 N–H and O–H groups in total. The average Bonchev–Trinajstić information content (AvgIpc) is 2.74. The zero-order chi connectivity index (χ0) is 20.6. The molecule has 0 aliphatic carbocycles. The number of carbonyl (C=O) groups excluding carboxylic acids is 2. The van der Waals surface area contributed by atoms with E-state index in [1.807, 2.05) is 24.3 Å². The number of hydrazone groups is 1. The topological polar surface area (TPSA) is 71.0 Å².